The molecule has 108 valence electrons. The summed E-state index contributed by atoms with van der Waals surface area (Å²) < 4.78 is 4.97. The average molecular weight is 268 g/mol. The number of nitrogens with zero attached hydrogens (tertiary/aromatic N) is 1. The Bertz CT molecular complexity index is 360. The lowest BCUT2D eigenvalue weighted by Crippen LogP contribution is -2.47. The maximum atomic E-state index is 12.0. The molecule has 5 nitrogen and oxygen atoms in total. The molecule has 2 rings (SSSR count). The third kappa shape index (κ3) is 3.39. The summed E-state index contributed by atoms with van der Waals surface area (Å²) in [6.07, 6.45) is 2.38. The van der Waals surface area contributed by atoms with Gasteiger partial charge in [-0.3, -0.25) is 4.79 Å². The van der Waals surface area contributed by atoms with Crippen LogP contribution < -0.4 is 5.32 Å². The Labute approximate surface area is 114 Å². The standard InChI is InChI=1S/C14H24N2O3/c1-4-19-13(18)16-7-5-10(6-8-16)15-12(17)11-9-14(11,2)3/h10-11H,4-9H2,1-3H3,(H,15,17)/t11-/m1/s1. The van der Waals surface area contributed by atoms with Gasteiger partial charge in [0, 0.05) is 25.0 Å². The van der Waals surface area contributed by atoms with E-state index in [-0.39, 0.29) is 29.4 Å². The lowest BCUT2D eigenvalue weighted by molar-refractivity contribution is -0.123. The van der Waals surface area contributed by atoms with E-state index >= 15 is 0 Å². The fourth-order valence-electron chi connectivity index (χ4n) is 2.64. The summed E-state index contributed by atoms with van der Waals surface area (Å²) in [5.41, 5.74) is 0.176. The van der Waals surface area contributed by atoms with E-state index in [1.807, 2.05) is 6.92 Å². The predicted octanol–water partition coefficient (Wildman–Crippen LogP) is 1.77. The van der Waals surface area contributed by atoms with Gasteiger partial charge in [-0.25, -0.2) is 4.79 Å². The van der Waals surface area contributed by atoms with Gasteiger partial charge in [-0.1, -0.05) is 13.8 Å². The molecule has 0 radical (unpaired) electrons. The molecule has 1 N–H and O–H groups in total. The van der Waals surface area contributed by atoms with Crippen LogP contribution in [-0.2, 0) is 9.53 Å². The number of likely N-dealkylation sites (tertiary alicyclic amines) is 1. The highest BCUT2D eigenvalue weighted by Gasteiger charge is 2.50. The maximum absolute atomic E-state index is 12.0. The molecule has 0 aromatic rings. The number of piperidine rings is 1. The van der Waals surface area contributed by atoms with Crippen LogP contribution in [0.25, 0.3) is 0 Å². The number of hydrogen-bond donors (Lipinski definition) is 1. The van der Waals surface area contributed by atoms with Gasteiger partial charge in [0.25, 0.3) is 0 Å². The van der Waals surface area contributed by atoms with E-state index in [1.165, 1.54) is 0 Å². The third-order valence-electron chi connectivity index (χ3n) is 4.20. The monoisotopic (exact) mass is 268 g/mol. The van der Waals surface area contributed by atoms with Gasteiger partial charge in [0.15, 0.2) is 0 Å². The predicted molar refractivity (Wildman–Crippen MR) is 71.6 cm³/mol. The lowest BCUT2D eigenvalue weighted by atomic mass is 10.0. The zero-order valence-electron chi connectivity index (χ0n) is 12.1. The number of carbonyl (C=O) groups excluding carboxylic acids is 2. The summed E-state index contributed by atoms with van der Waals surface area (Å²) in [6.45, 7) is 7.80. The number of amides is 2. The molecule has 0 bridgehead atoms. The van der Waals surface area contributed by atoms with Crippen molar-refractivity contribution >= 4 is 12.0 Å². The van der Waals surface area contributed by atoms with Gasteiger partial charge in [-0.05, 0) is 31.6 Å². The van der Waals surface area contributed by atoms with E-state index in [9.17, 15) is 9.59 Å². The van der Waals surface area contributed by atoms with E-state index in [1.54, 1.807) is 4.90 Å². The van der Waals surface area contributed by atoms with Crippen molar-refractivity contribution in [3.63, 3.8) is 0 Å². The molecule has 5 heteroatoms. The molecule has 0 spiro atoms. The maximum Gasteiger partial charge on any atom is 0.409 e. The van der Waals surface area contributed by atoms with Gasteiger partial charge in [0.2, 0.25) is 5.91 Å². The first-order valence-electron chi connectivity index (χ1n) is 7.16. The first-order chi connectivity index (χ1) is 8.94. The van der Waals surface area contributed by atoms with Crippen molar-refractivity contribution in [2.24, 2.45) is 11.3 Å². The minimum Gasteiger partial charge on any atom is -0.450 e. The Hall–Kier alpha value is -1.26. The molecule has 19 heavy (non-hydrogen) atoms. The third-order valence-corrected chi connectivity index (χ3v) is 4.20. The summed E-state index contributed by atoms with van der Waals surface area (Å²) in [7, 11) is 0. The SMILES string of the molecule is CCOC(=O)N1CCC(NC(=O)[C@H]2CC2(C)C)CC1. The van der Waals surface area contributed by atoms with Crippen LogP contribution in [0, 0.1) is 11.3 Å². The molecule has 2 amide bonds. The number of hydrogen-bond acceptors (Lipinski definition) is 3. The second-order valence-electron chi connectivity index (χ2n) is 6.21. The van der Waals surface area contributed by atoms with Crippen molar-refractivity contribution in [2.45, 2.75) is 46.1 Å². The fourth-order valence-corrected chi connectivity index (χ4v) is 2.64. The minimum atomic E-state index is -0.240. The summed E-state index contributed by atoms with van der Waals surface area (Å²) in [4.78, 5) is 25.3. The van der Waals surface area contributed by atoms with Crippen LogP contribution in [0.4, 0.5) is 4.79 Å². The Balaban J connectivity index is 1.72. The minimum absolute atomic E-state index is 0.176. The van der Waals surface area contributed by atoms with Crippen molar-refractivity contribution in [1.82, 2.24) is 10.2 Å². The van der Waals surface area contributed by atoms with Crippen LogP contribution in [0.1, 0.15) is 40.0 Å². The molecule has 2 fully saturated rings. The summed E-state index contributed by atoms with van der Waals surface area (Å²) >= 11 is 0. The molecular formula is C14H24N2O3. The van der Waals surface area contributed by atoms with Crippen molar-refractivity contribution in [3.8, 4) is 0 Å². The van der Waals surface area contributed by atoms with Crippen molar-refractivity contribution in [3.05, 3.63) is 0 Å². The number of carbonyl (C=O) groups is 2. The first kappa shape index (κ1) is 14.2. The number of ether oxygens (including phenoxy) is 1. The molecular weight excluding hydrogens is 244 g/mol. The van der Waals surface area contributed by atoms with Gasteiger partial charge in [0.1, 0.15) is 0 Å². The highest BCUT2D eigenvalue weighted by molar-refractivity contribution is 5.82. The van der Waals surface area contributed by atoms with Crippen LogP contribution in [0.15, 0.2) is 0 Å². The molecule has 1 saturated heterocycles. The number of nitrogens with one attached hydrogen (secondary N) is 1. The van der Waals surface area contributed by atoms with Crippen LogP contribution in [0.3, 0.4) is 0 Å². The van der Waals surface area contributed by atoms with E-state index < -0.39 is 0 Å². The average Bonchev–Trinajstić information content (AvgIpc) is 3.00. The lowest BCUT2D eigenvalue weighted by Gasteiger charge is -2.31. The molecule has 1 aliphatic carbocycles. The second kappa shape index (κ2) is 5.39. The van der Waals surface area contributed by atoms with Crippen LogP contribution in [-0.4, -0.2) is 42.6 Å². The highest BCUT2D eigenvalue weighted by Crippen LogP contribution is 2.51. The normalized spacial score (nSPS) is 25.8. The van der Waals surface area contributed by atoms with E-state index in [2.05, 4.69) is 19.2 Å². The molecule has 1 saturated carbocycles. The summed E-state index contributed by atoms with van der Waals surface area (Å²) in [5, 5.41) is 3.11. The molecule has 0 unspecified atom stereocenters. The molecule has 0 aromatic carbocycles. The first-order valence-corrected chi connectivity index (χ1v) is 7.16. The van der Waals surface area contributed by atoms with Gasteiger partial charge in [0.05, 0.1) is 6.61 Å². The summed E-state index contributed by atoms with van der Waals surface area (Å²) in [6, 6.07) is 0.203. The largest absolute Gasteiger partial charge is 0.450 e. The second-order valence-corrected chi connectivity index (χ2v) is 6.21. The topological polar surface area (TPSA) is 58.6 Å². The molecule has 2 aliphatic rings. The van der Waals surface area contributed by atoms with Crippen molar-refractivity contribution in [1.29, 1.82) is 0 Å². The van der Waals surface area contributed by atoms with Gasteiger partial charge in [-0.2, -0.15) is 0 Å². The zero-order chi connectivity index (χ0) is 14.0. The molecule has 1 aliphatic heterocycles. The fraction of sp³-hybridized carbons (Fsp3) is 0.857. The van der Waals surface area contributed by atoms with Crippen LogP contribution in [0.2, 0.25) is 0 Å². The number of rotatable bonds is 3. The Kier molecular flexibility index (Phi) is 4.02. The van der Waals surface area contributed by atoms with E-state index in [4.69, 9.17) is 4.74 Å². The molecule has 1 atom stereocenters. The zero-order valence-corrected chi connectivity index (χ0v) is 12.1. The van der Waals surface area contributed by atoms with E-state index in [0.29, 0.717) is 19.7 Å². The smallest absolute Gasteiger partial charge is 0.409 e. The Morgan fingerprint density at radius 3 is 2.37 bits per heavy atom. The van der Waals surface area contributed by atoms with Crippen molar-refractivity contribution < 1.29 is 14.3 Å². The van der Waals surface area contributed by atoms with Crippen LogP contribution in [0.5, 0.6) is 0 Å². The highest BCUT2D eigenvalue weighted by atomic mass is 16.6. The van der Waals surface area contributed by atoms with E-state index in [0.717, 1.165) is 19.3 Å². The van der Waals surface area contributed by atoms with Crippen LogP contribution >= 0.6 is 0 Å². The van der Waals surface area contributed by atoms with Crippen molar-refractivity contribution in [2.75, 3.05) is 19.7 Å². The molecule has 1 heterocycles. The Morgan fingerprint density at radius 2 is 1.89 bits per heavy atom. The molecule has 0 aromatic heterocycles. The quantitative estimate of drug-likeness (QED) is 0.848. The van der Waals surface area contributed by atoms with Gasteiger partial charge in [-0.15, -0.1) is 0 Å². The summed E-state index contributed by atoms with van der Waals surface area (Å²) in [5.74, 6) is 0.357. The Morgan fingerprint density at radius 1 is 1.32 bits per heavy atom. The van der Waals surface area contributed by atoms with Gasteiger partial charge < -0.3 is 15.0 Å². The van der Waals surface area contributed by atoms with Gasteiger partial charge >= 0.3 is 6.09 Å².